The largest absolute Gasteiger partial charge is 0.253 e. The Hall–Kier alpha value is -2.86. The van der Waals surface area contributed by atoms with Gasteiger partial charge in [0.1, 0.15) is 11.6 Å². The van der Waals surface area contributed by atoms with E-state index in [0.29, 0.717) is 22.6 Å². The second-order valence-corrected chi connectivity index (χ2v) is 6.60. The number of hydrogen-bond donors (Lipinski definition) is 0. The summed E-state index contributed by atoms with van der Waals surface area (Å²) in [5.74, 6) is -0.642. The third-order valence-electron chi connectivity index (χ3n) is 3.51. The fourth-order valence-electron chi connectivity index (χ4n) is 2.25. The lowest BCUT2D eigenvalue weighted by Crippen LogP contribution is -2.13. The Labute approximate surface area is 154 Å². The normalized spacial score (nSPS) is 12.0. The van der Waals surface area contributed by atoms with Crippen LogP contribution >= 0.6 is 11.3 Å². The van der Waals surface area contributed by atoms with Gasteiger partial charge in [0, 0.05) is 10.9 Å². The quantitative estimate of drug-likeness (QED) is 0.454. The molecule has 26 heavy (non-hydrogen) atoms. The molecule has 0 aliphatic heterocycles. The lowest BCUT2D eigenvalue weighted by Gasteiger charge is -2.05. The van der Waals surface area contributed by atoms with Gasteiger partial charge < -0.3 is 0 Å². The second-order valence-electron chi connectivity index (χ2n) is 5.76. The maximum Gasteiger partial charge on any atom is 0.206 e. The van der Waals surface area contributed by atoms with Gasteiger partial charge in [0.15, 0.2) is 0 Å². The van der Waals surface area contributed by atoms with E-state index in [1.807, 2.05) is 12.3 Å². The summed E-state index contributed by atoms with van der Waals surface area (Å²) in [6, 6.07) is 12.5. The number of aromatic nitrogens is 1. The fourth-order valence-corrected chi connectivity index (χ4v) is 3.08. The zero-order chi connectivity index (χ0) is 18.5. The van der Waals surface area contributed by atoms with Crippen molar-refractivity contribution in [3.05, 3.63) is 88.1 Å². The van der Waals surface area contributed by atoms with E-state index in [4.69, 9.17) is 0 Å². The van der Waals surface area contributed by atoms with E-state index < -0.39 is 0 Å². The first-order valence-corrected chi connectivity index (χ1v) is 8.83. The summed E-state index contributed by atoms with van der Waals surface area (Å²) in [6.07, 6.45) is 1.59. The Kier molecular flexibility index (Phi) is 5.53. The molecule has 6 heteroatoms. The van der Waals surface area contributed by atoms with E-state index in [0.717, 1.165) is 11.1 Å². The fraction of sp³-hybridized carbons (Fsp3) is 0.100. The van der Waals surface area contributed by atoms with Crippen molar-refractivity contribution in [2.75, 3.05) is 6.54 Å². The van der Waals surface area contributed by atoms with Gasteiger partial charge in [0.05, 0.1) is 18.5 Å². The molecular weight excluding hydrogens is 352 g/mol. The van der Waals surface area contributed by atoms with Crippen LogP contribution in [0.2, 0.25) is 0 Å². The molecule has 1 heterocycles. The monoisotopic (exact) mass is 369 g/mol. The van der Waals surface area contributed by atoms with Gasteiger partial charge in [-0.3, -0.25) is 4.99 Å². The Bertz CT molecular complexity index is 1010. The molecule has 0 amide bonds. The van der Waals surface area contributed by atoms with Crippen molar-refractivity contribution in [3.8, 4) is 11.3 Å². The van der Waals surface area contributed by atoms with Crippen LogP contribution in [0.5, 0.6) is 0 Å². The summed E-state index contributed by atoms with van der Waals surface area (Å²) in [6.45, 7) is 6.20. The molecule has 3 nitrogen and oxygen atoms in total. The molecular formula is C20H17F2N3S. The van der Waals surface area contributed by atoms with Crippen LogP contribution in [-0.2, 0) is 0 Å². The summed E-state index contributed by atoms with van der Waals surface area (Å²) in [5.41, 5.74) is 2.69. The van der Waals surface area contributed by atoms with E-state index in [9.17, 15) is 8.78 Å². The van der Waals surface area contributed by atoms with Crippen LogP contribution in [0, 0.1) is 11.6 Å². The Morgan fingerprint density at radius 2 is 1.88 bits per heavy atom. The standard InChI is InChI=1S/C20H17F2N3S/c1-14(2)11-23-20-25(24-12-15-7-9-16(21)10-8-15)19(13-26-20)17-5-3-4-6-18(17)22/h3-10,12-13H,1,11H2,2H3. The van der Waals surface area contributed by atoms with Crippen molar-refractivity contribution in [1.82, 2.24) is 4.68 Å². The Morgan fingerprint density at radius 3 is 2.58 bits per heavy atom. The van der Waals surface area contributed by atoms with Gasteiger partial charge in [-0.1, -0.05) is 36.4 Å². The van der Waals surface area contributed by atoms with Gasteiger partial charge in [0.2, 0.25) is 4.80 Å². The van der Waals surface area contributed by atoms with Crippen molar-refractivity contribution >= 4 is 17.6 Å². The van der Waals surface area contributed by atoms with Crippen LogP contribution < -0.4 is 4.80 Å². The summed E-state index contributed by atoms with van der Waals surface area (Å²) in [4.78, 5) is 5.12. The van der Waals surface area contributed by atoms with E-state index in [1.165, 1.54) is 29.5 Å². The molecule has 0 aliphatic rings. The third-order valence-corrected chi connectivity index (χ3v) is 4.37. The molecule has 1 aromatic heterocycles. The summed E-state index contributed by atoms with van der Waals surface area (Å²) in [7, 11) is 0. The third kappa shape index (κ3) is 4.21. The van der Waals surface area contributed by atoms with Gasteiger partial charge in [-0.15, -0.1) is 11.3 Å². The molecule has 0 bridgehead atoms. The lowest BCUT2D eigenvalue weighted by atomic mass is 10.1. The molecule has 0 atom stereocenters. The molecule has 0 N–H and O–H groups in total. The average Bonchev–Trinajstić information content (AvgIpc) is 3.02. The molecule has 0 radical (unpaired) electrons. The van der Waals surface area contributed by atoms with E-state index in [-0.39, 0.29) is 11.6 Å². The molecule has 0 fully saturated rings. The Morgan fingerprint density at radius 1 is 1.15 bits per heavy atom. The van der Waals surface area contributed by atoms with Gasteiger partial charge in [-0.2, -0.15) is 5.10 Å². The second kappa shape index (κ2) is 8.01. The van der Waals surface area contributed by atoms with Crippen LogP contribution in [0.1, 0.15) is 12.5 Å². The minimum Gasteiger partial charge on any atom is -0.253 e. The van der Waals surface area contributed by atoms with Crippen molar-refractivity contribution in [2.45, 2.75) is 6.92 Å². The summed E-state index contributed by atoms with van der Waals surface area (Å²) < 4.78 is 28.9. The van der Waals surface area contributed by atoms with Crippen molar-refractivity contribution in [3.63, 3.8) is 0 Å². The van der Waals surface area contributed by atoms with Gasteiger partial charge in [-0.05, 0) is 36.8 Å². The minimum absolute atomic E-state index is 0.311. The number of hydrogen-bond acceptors (Lipinski definition) is 3. The van der Waals surface area contributed by atoms with E-state index in [1.54, 1.807) is 41.2 Å². The number of nitrogens with zero attached hydrogens (tertiary/aromatic N) is 3. The zero-order valence-electron chi connectivity index (χ0n) is 14.2. The van der Waals surface area contributed by atoms with Crippen LogP contribution in [0.4, 0.5) is 8.78 Å². The highest BCUT2D eigenvalue weighted by Crippen LogP contribution is 2.23. The maximum absolute atomic E-state index is 14.2. The van der Waals surface area contributed by atoms with E-state index in [2.05, 4.69) is 16.7 Å². The summed E-state index contributed by atoms with van der Waals surface area (Å²) in [5, 5.41) is 6.27. The van der Waals surface area contributed by atoms with Crippen LogP contribution in [0.25, 0.3) is 11.3 Å². The van der Waals surface area contributed by atoms with Crippen molar-refractivity contribution in [2.24, 2.45) is 10.1 Å². The van der Waals surface area contributed by atoms with Crippen LogP contribution in [-0.4, -0.2) is 17.4 Å². The molecule has 0 spiro atoms. The van der Waals surface area contributed by atoms with Crippen LogP contribution in [0.3, 0.4) is 0 Å². The maximum atomic E-state index is 14.2. The smallest absolute Gasteiger partial charge is 0.206 e. The first-order chi connectivity index (χ1) is 12.5. The molecule has 3 aromatic rings. The molecule has 132 valence electrons. The SMILES string of the molecule is C=C(C)CN=c1scc(-c2ccccc2F)n1N=Cc1ccc(F)cc1. The van der Waals surface area contributed by atoms with E-state index >= 15 is 0 Å². The highest BCUT2D eigenvalue weighted by molar-refractivity contribution is 7.07. The van der Waals surface area contributed by atoms with Gasteiger partial charge >= 0.3 is 0 Å². The molecule has 0 saturated carbocycles. The Balaban J connectivity index is 2.09. The highest BCUT2D eigenvalue weighted by atomic mass is 32.1. The predicted molar refractivity (Wildman–Crippen MR) is 102 cm³/mol. The van der Waals surface area contributed by atoms with Crippen molar-refractivity contribution < 1.29 is 8.78 Å². The zero-order valence-corrected chi connectivity index (χ0v) is 15.0. The molecule has 0 saturated heterocycles. The van der Waals surface area contributed by atoms with Gasteiger partial charge in [0.25, 0.3) is 0 Å². The average molecular weight is 369 g/mol. The number of thiazole rings is 1. The number of benzene rings is 2. The highest BCUT2D eigenvalue weighted by Gasteiger charge is 2.11. The first kappa shape index (κ1) is 17.9. The minimum atomic E-state index is -0.331. The predicted octanol–water partition coefficient (Wildman–Crippen LogP) is 4.85. The summed E-state index contributed by atoms with van der Waals surface area (Å²) >= 11 is 1.37. The molecule has 2 aromatic carbocycles. The number of halogens is 2. The molecule has 0 aliphatic carbocycles. The number of rotatable bonds is 5. The topological polar surface area (TPSA) is 29.6 Å². The van der Waals surface area contributed by atoms with Gasteiger partial charge in [-0.25, -0.2) is 13.5 Å². The molecule has 0 unspecified atom stereocenters. The lowest BCUT2D eigenvalue weighted by molar-refractivity contribution is 0.627. The first-order valence-electron chi connectivity index (χ1n) is 7.95. The molecule has 3 rings (SSSR count). The van der Waals surface area contributed by atoms with Crippen LogP contribution in [0.15, 0.2) is 76.2 Å². The van der Waals surface area contributed by atoms with Crippen molar-refractivity contribution in [1.29, 1.82) is 0 Å².